The maximum absolute atomic E-state index is 12.7. The molecule has 0 saturated heterocycles. The van der Waals surface area contributed by atoms with Gasteiger partial charge in [0, 0.05) is 18.8 Å². The van der Waals surface area contributed by atoms with Crippen molar-refractivity contribution in [1.82, 2.24) is 9.29 Å². The van der Waals surface area contributed by atoms with Crippen LogP contribution in [0.1, 0.15) is 23.9 Å². The molecule has 1 aromatic heterocycles. The molecule has 0 radical (unpaired) electrons. The fraction of sp³-hybridized carbons (Fsp3) is 0.357. The fourth-order valence-corrected chi connectivity index (χ4v) is 4.76. The van der Waals surface area contributed by atoms with Crippen molar-refractivity contribution in [3.05, 3.63) is 41.0 Å². The SMILES string of the molecule is CCCN(Cc1ccccc1N)S(=O)(=O)c1cnc(C)s1. The van der Waals surface area contributed by atoms with Crippen molar-refractivity contribution in [3.63, 3.8) is 0 Å². The highest BCUT2D eigenvalue weighted by molar-refractivity contribution is 7.91. The maximum Gasteiger partial charge on any atom is 0.254 e. The van der Waals surface area contributed by atoms with E-state index in [0.717, 1.165) is 17.0 Å². The molecule has 0 bridgehead atoms. The Morgan fingerprint density at radius 3 is 2.62 bits per heavy atom. The Bertz CT molecular complexity index is 711. The highest BCUT2D eigenvalue weighted by Crippen LogP contribution is 2.25. The van der Waals surface area contributed by atoms with Gasteiger partial charge in [0.15, 0.2) is 4.21 Å². The van der Waals surface area contributed by atoms with Gasteiger partial charge in [0.1, 0.15) is 0 Å². The Morgan fingerprint density at radius 2 is 2.05 bits per heavy atom. The quantitative estimate of drug-likeness (QED) is 0.828. The number of aromatic nitrogens is 1. The molecule has 21 heavy (non-hydrogen) atoms. The molecule has 7 heteroatoms. The Kier molecular flexibility index (Phi) is 4.97. The number of para-hydroxylation sites is 1. The molecule has 5 nitrogen and oxygen atoms in total. The number of sulfonamides is 1. The number of nitrogens with zero attached hydrogens (tertiary/aromatic N) is 2. The lowest BCUT2D eigenvalue weighted by Gasteiger charge is -2.21. The van der Waals surface area contributed by atoms with E-state index < -0.39 is 10.0 Å². The molecule has 0 aliphatic carbocycles. The van der Waals surface area contributed by atoms with E-state index in [9.17, 15) is 8.42 Å². The van der Waals surface area contributed by atoms with E-state index in [4.69, 9.17) is 5.73 Å². The maximum atomic E-state index is 12.7. The van der Waals surface area contributed by atoms with Gasteiger partial charge in [-0.25, -0.2) is 13.4 Å². The normalized spacial score (nSPS) is 12.0. The lowest BCUT2D eigenvalue weighted by Crippen LogP contribution is -2.31. The van der Waals surface area contributed by atoms with E-state index in [2.05, 4.69) is 4.98 Å². The van der Waals surface area contributed by atoms with E-state index in [1.165, 1.54) is 21.8 Å². The Balaban J connectivity index is 2.33. The van der Waals surface area contributed by atoms with Gasteiger partial charge in [-0.1, -0.05) is 25.1 Å². The fourth-order valence-electron chi connectivity index (χ4n) is 1.99. The van der Waals surface area contributed by atoms with Crippen molar-refractivity contribution >= 4 is 27.0 Å². The summed E-state index contributed by atoms with van der Waals surface area (Å²) < 4.78 is 27.2. The molecule has 1 aromatic carbocycles. The first-order valence-electron chi connectivity index (χ1n) is 6.71. The van der Waals surface area contributed by atoms with Crippen LogP contribution in [0.5, 0.6) is 0 Å². The second-order valence-corrected chi connectivity index (χ2v) is 8.14. The number of hydrogen-bond acceptors (Lipinski definition) is 5. The number of hydrogen-bond donors (Lipinski definition) is 1. The Hall–Kier alpha value is -1.44. The Labute approximate surface area is 129 Å². The van der Waals surface area contributed by atoms with E-state index in [1.807, 2.05) is 25.1 Å². The van der Waals surface area contributed by atoms with Gasteiger partial charge in [-0.15, -0.1) is 11.3 Å². The summed E-state index contributed by atoms with van der Waals surface area (Å²) in [6.07, 6.45) is 2.16. The first kappa shape index (κ1) is 15.9. The summed E-state index contributed by atoms with van der Waals surface area (Å²) in [5, 5.41) is 0.740. The molecule has 0 saturated carbocycles. The van der Waals surface area contributed by atoms with Gasteiger partial charge >= 0.3 is 0 Å². The number of nitrogens with two attached hydrogens (primary N) is 1. The number of thiazole rings is 1. The van der Waals surface area contributed by atoms with Crippen molar-refractivity contribution in [2.24, 2.45) is 0 Å². The first-order chi connectivity index (χ1) is 9.95. The van der Waals surface area contributed by atoms with Gasteiger partial charge in [-0.3, -0.25) is 0 Å². The van der Waals surface area contributed by atoms with Gasteiger partial charge in [-0.2, -0.15) is 4.31 Å². The number of benzene rings is 1. The van der Waals surface area contributed by atoms with Gasteiger partial charge in [0.25, 0.3) is 10.0 Å². The zero-order valence-electron chi connectivity index (χ0n) is 12.1. The van der Waals surface area contributed by atoms with Crippen LogP contribution >= 0.6 is 11.3 Å². The summed E-state index contributed by atoms with van der Waals surface area (Å²) in [7, 11) is -3.52. The Morgan fingerprint density at radius 1 is 1.33 bits per heavy atom. The third-order valence-electron chi connectivity index (χ3n) is 3.07. The van der Waals surface area contributed by atoms with Crippen LogP contribution in [0.15, 0.2) is 34.7 Å². The molecule has 0 aliphatic heterocycles. The van der Waals surface area contributed by atoms with Crippen LogP contribution < -0.4 is 5.73 Å². The van der Waals surface area contributed by atoms with Gasteiger partial charge in [0.2, 0.25) is 0 Å². The van der Waals surface area contributed by atoms with Crippen molar-refractivity contribution in [3.8, 4) is 0 Å². The lowest BCUT2D eigenvalue weighted by molar-refractivity contribution is 0.407. The van der Waals surface area contributed by atoms with Crippen LogP contribution in [-0.2, 0) is 16.6 Å². The molecule has 0 atom stereocenters. The summed E-state index contributed by atoms with van der Waals surface area (Å²) in [6.45, 7) is 4.48. The second kappa shape index (κ2) is 6.55. The molecule has 0 unspecified atom stereocenters. The summed E-state index contributed by atoms with van der Waals surface area (Å²) in [5.74, 6) is 0. The predicted molar refractivity (Wildman–Crippen MR) is 85.6 cm³/mol. The third kappa shape index (κ3) is 3.61. The van der Waals surface area contributed by atoms with Crippen LogP contribution in [0.4, 0.5) is 5.69 Å². The van der Waals surface area contributed by atoms with E-state index >= 15 is 0 Å². The minimum Gasteiger partial charge on any atom is -0.398 e. The van der Waals surface area contributed by atoms with Crippen molar-refractivity contribution in [2.45, 2.75) is 31.0 Å². The monoisotopic (exact) mass is 325 g/mol. The predicted octanol–water partition coefficient (Wildman–Crippen LogP) is 2.63. The van der Waals surface area contributed by atoms with E-state index in [0.29, 0.717) is 12.2 Å². The summed E-state index contributed by atoms with van der Waals surface area (Å²) in [4.78, 5) is 4.04. The zero-order chi connectivity index (χ0) is 15.5. The van der Waals surface area contributed by atoms with Crippen molar-refractivity contribution in [2.75, 3.05) is 12.3 Å². The molecule has 1 heterocycles. The molecule has 2 rings (SSSR count). The number of aryl methyl sites for hydroxylation is 1. The van der Waals surface area contributed by atoms with Crippen LogP contribution in [0, 0.1) is 6.92 Å². The summed E-state index contributed by atoms with van der Waals surface area (Å²) in [6, 6.07) is 7.33. The number of nitrogen functional groups attached to an aromatic ring is 1. The molecule has 0 fully saturated rings. The van der Waals surface area contributed by atoms with Crippen LogP contribution in [0.3, 0.4) is 0 Å². The van der Waals surface area contributed by atoms with Crippen LogP contribution in [0.2, 0.25) is 0 Å². The molecule has 0 spiro atoms. The molecule has 0 aliphatic rings. The minimum atomic E-state index is -3.52. The standard InChI is InChI=1S/C14H19N3O2S2/c1-3-8-17(10-12-6-4-5-7-13(12)15)21(18,19)14-9-16-11(2)20-14/h4-7,9H,3,8,10,15H2,1-2H3. The highest BCUT2D eigenvalue weighted by atomic mass is 32.2. The summed E-state index contributed by atoms with van der Waals surface area (Å²) >= 11 is 1.19. The van der Waals surface area contributed by atoms with E-state index in [1.54, 1.807) is 13.0 Å². The average molecular weight is 325 g/mol. The summed E-state index contributed by atoms with van der Waals surface area (Å²) in [5.41, 5.74) is 7.34. The van der Waals surface area contributed by atoms with Gasteiger partial charge in [-0.05, 0) is 25.0 Å². The molecular formula is C14H19N3O2S2. The highest BCUT2D eigenvalue weighted by Gasteiger charge is 2.26. The third-order valence-corrected chi connectivity index (χ3v) is 6.26. The van der Waals surface area contributed by atoms with Crippen molar-refractivity contribution < 1.29 is 8.42 Å². The largest absolute Gasteiger partial charge is 0.398 e. The van der Waals surface area contributed by atoms with Crippen molar-refractivity contribution in [1.29, 1.82) is 0 Å². The smallest absolute Gasteiger partial charge is 0.254 e. The van der Waals surface area contributed by atoms with Gasteiger partial charge in [0.05, 0.1) is 11.2 Å². The van der Waals surface area contributed by atoms with Crippen LogP contribution in [-0.4, -0.2) is 24.3 Å². The average Bonchev–Trinajstić information content (AvgIpc) is 2.88. The number of anilines is 1. The topological polar surface area (TPSA) is 76.3 Å². The molecular weight excluding hydrogens is 306 g/mol. The first-order valence-corrected chi connectivity index (χ1v) is 8.96. The molecule has 2 aromatic rings. The van der Waals surface area contributed by atoms with Crippen LogP contribution in [0.25, 0.3) is 0 Å². The van der Waals surface area contributed by atoms with Gasteiger partial charge < -0.3 is 5.73 Å². The number of rotatable bonds is 6. The molecule has 0 amide bonds. The second-order valence-electron chi connectivity index (χ2n) is 4.74. The molecule has 114 valence electrons. The zero-order valence-corrected chi connectivity index (χ0v) is 13.7. The van der Waals surface area contributed by atoms with E-state index in [-0.39, 0.29) is 10.8 Å². The molecule has 2 N–H and O–H groups in total. The lowest BCUT2D eigenvalue weighted by atomic mass is 10.2. The minimum absolute atomic E-state index is 0.278.